The van der Waals surface area contributed by atoms with E-state index in [4.69, 9.17) is 0 Å². The van der Waals surface area contributed by atoms with Crippen LogP contribution in [-0.2, 0) is 0 Å². The van der Waals surface area contributed by atoms with E-state index in [0.717, 1.165) is 38.6 Å². The molecule has 532 valence electrons. The van der Waals surface area contributed by atoms with Gasteiger partial charge in [0.2, 0.25) is 0 Å². The molecule has 0 aliphatic heterocycles. The molecule has 0 amide bonds. The van der Waals surface area contributed by atoms with E-state index < -0.39 is 0 Å². The van der Waals surface area contributed by atoms with Gasteiger partial charge in [-0.2, -0.15) is 0 Å². The highest BCUT2D eigenvalue weighted by Crippen LogP contribution is 2.49. The number of benzene rings is 20. The van der Waals surface area contributed by atoms with Crippen LogP contribution in [0.1, 0.15) is 0 Å². The molecule has 0 spiro atoms. The molecule has 0 aliphatic carbocycles. The highest BCUT2D eigenvalue weighted by molar-refractivity contribution is 9.10. The first kappa shape index (κ1) is 68.0. The average Bonchev–Trinajstić information content (AvgIpc) is 1.28. The van der Waals surface area contributed by atoms with Crippen LogP contribution in [0.2, 0.25) is 0 Å². The third-order valence-corrected chi connectivity index (χ3v) is 22.8. The van der Waals surface area contributed by atoms with Gasteiger partial charge in [0.15, 0.2) is 0 Å². The molecule has 20 aromatic carbocycles. The van der Waals surface area contributed by atoms with Crippen molar-refractivity contribution in [3.63, 3.8) is 0 Å². The topological polar surface area (TPSA) is 25.1 Å². The van der Waals surface area contributed by atoms with Crippen molar-refractivity contribution in [1.82, 2.24) is 9.13 Å². The first-order valence-electron chi connectivity index (χ1n) is 38.6. The molecule has 22 aromatic rings. The number of halogens is 1. The predicted octanol–water partition coefficient (Wildman–Crippen LogP) is 30.8. The lowest BCUT2D eigenvalue weighted by Crippen LogP contribution is -2.10. The fourth-order valence-electron chi connectivity index (χ4n) is 17.3. The van der Waals surface area contributed by atoms with Gasteiger partial charge in [-0.3, -0.25) is 0 Å². The molecule has 0 aliphatic rings. The minimum absolute atomic E-state index is 1.09. The Kier molecular flexibility index (Phi) is 17.8. The van der Waals surface area contributed by atoms with E-state index in [1.807, 2.05) is 0 Å². The van der Waals surface area contributed by atoms with Crippen molar-refractivity contribution in [2.45, 2.75) is 0 Å². The lowest BCUT2D eigenvalue weighted by molar-refractivity contribution is 1.18. The molecule has 0 unspecified atom stereocenters. The van der Waals surface area contributed by atoms with E-state index in [-0.39, 0.29) is 0 Å². The fraction of sp³-hybridized carbons (Fsp3) is 0. The Morgan fingerprint density at radius 3 is 0.991 bits per heavy atom. The zero-order chi connectivity index (χ0) is 75.1. The van der Waals surface area contributed by atoms with E-state index in [9.17, 15) is 0 Å². The monoisotopic (exact) mass is 1500 g/mol. The SMILES string of the molecule is Brc1ccc(-c2c3ccccc3c(-c3ccccc3)c3ccccc23)cc1.c1ccc(-c2c3ccccc3c(-c3ccc(N(c4ccc5c(c4)c4ccccc4n5-c4ccccc4)c4cccc5ccccc45)cc3)c3ccccc23)cc1.c1ccc(-n2c3ccccc3c3cc(Nc4cccc5ccccc45)ccc32)cc1. The average molecular weight is 1510 g/mol. The molecule has 2 aromatic heterocycles. The Balaban J connectivity index is 0.000000122. The normalized spacial score (nSPS) is 11.4. The molecule has 4 nitrogen and oxygen atoms in total. The molecule has 2 heterocycles. The van der Waals surface area contributed by atoms with Gasteiger partial charge in [-0.15, -0.1) is 0 Å². The maximum Gasteiger partial charge on any atom is 0.0542 e. The fourth-order valence-corrected chi connectivity index (χ4v) is 17.6. The van der Waals surface area contributed by atoms with Gasteiger partial charge in [-0.1, -0.05) is 344 Å². The Hall–Kier alpha value is -14.4. The number of rotatable bonds is 11. The molecule has 1 N–H and O–H groups in total. The number of hydrogen-bond donors (Lipinski definition) is 1. The van der Waals surface area contributed by atoms with Crippen molar-refractivity contribution >= 4 is 153 Å². The van der Waals surface area contributed by atoms with Crippen LogP contribution in [0.15, 0.2) is 441 Å². The molecule has 0 fully saturated rings. The molecule has 0 saturated heterocycles. The van der Waals surface area contributed by atoms with Crippen LogP contribution in [0.25, 0.3) is 164 Å². The minimum atomic E-state index is 1.09. The largest absolute Gasteiger partial charge is 0.355 e. The van der Waals surface area contributed by atoms with Crippen LogP contribution in [0.4, 0.5) is 28.4 Å². The quantitative estimate of drug-likeness (QED) is 0.131. The summed E-state index contributed by atoms with van der Waals surface area (Å²) in [5.41, 5.74) is 22.8. The Bertz CT molecular complexity index is 7190. The number of nitrogens with one attached hydrogen (secondary N) is 1. The summed E-state index contributed by atoms with van der Waals surface area (Å²) >= 11 is 3.56. The van der Waals surface area contributed by atoms with Crippen LogP contribution in [0.5, 0.6) is 0 Å². The highest BCUT2D eigenvalue weighted by Gasteiger charge is 2.23. The van der Waals surface area contributed by atoms with Crippen LogP contribution in [0, 0.1) is 0 Å². The standard InChI is InChI=1S/C54H36N2.C28H20N2.C26H17Br/c1-3-17-38(18-4-1)53-45-24-9-11-26-47(45)54(48-27-12-10-25-46(48)53)39-30-32-41(33-31-39)55(50-29-15-19-37-16-7-8-22-43(37)50)42-34-35-52-49(36-42)44-23-13-14-28-51(44)56(52)40-20-5-2-6-21-40;1-2-11-22(12-3-1)30-27-16-7-6-14-24(27)25-19-21(17-18-28(25)30)29-26-15-8-10-20-9-4-5-13-23(20)26;27-20-16-14-19(15-17-20)26-23-12-6-4-10-21(23)25(18-8-2-1-3-9-18)22-11-5-7-13-24(22)26/h1-36H;1-19,29H;1-17H. The molecule has 0 atom stereocenters. The van der Waals surface area contributed by atoms with E-state index in [1.165, 1.54) is 158 Å². The van der Waals surface area contributed by atoms with Gasteiger partial charge in [0.25, 0.3) is 0 Å². The van der Waals surface area contributed by atoms with Crippen LogP contribution < -0.4 is 10.2 Å². The lowest BCUT2D eigenvalue weighted by Gasteiger charge is -2.27. The number of hydrogen-bond acceptors (Lipinski definition) is 2. The van der Waals surface area contributed by atoms with Gasteiger partial charge in [-0.25, -0.2) is 0 Å². The van der Waals surface area contributed by atoms with E-state index >= 15 is 0 Å². The molecular weight excluding hydrogens is 1430 g/mol. The highest BCUT2D eigenvalue weighted by atomic mass is 79.9. The van der Waals surface area contributed by atoms with Gasteiger partial charge < -0.3 is 19.4 Å². The van der Waals surface area contributed by atoms with E-state index in [1.54, 1.807) is 0 Å². The maximum absolute atomic E-state index is 3.64. The molecule has 0 saturated carbocycles. The first-order chi connectivity index (χ1) is 56.0. The van der Waals surface area contributed by atoms with Crippen LogP contribution >= 0.6 is 15.9 Å². The summed E-state index contributed by atoms with van der Waals surface area (Å²) in [6.07, 6.45) is 0. The van der Waals surface area contributed by atoms with Gasteiger partial charge >= 0.3 is 0 Å². The van der Waals surface area contributed by atoms with Crippen molar-refractivity contribution in [2.75, 3.05) is 10.2 Å². The van der Waals surface area contributed by atoms with Crippen molar-refractivity contribution in [1.29, 1.82) is 0 Å². The second kappa shape index (κ2) is 29.6. The smallest absolute Gasteiger partial charge is 0.0542 e. The molecule has 113 heavy (non-hydrogen) atoms. The second-order valence-corrected chi connectivity index (χ2v) is 29.7. The van der Waals surface area contributed by atoms with Crippen LogP contribution in [-0.4, -0.2) is 9.13 Å². The van der Waals surface area contributed by atoms with Gasteiger partial charge in [0.1, 0.15) is 0 Å². The number of aromatic nitrogens is 2. The molecular formula is C108H73BrN4. The molecule has 22 rings (SSSR count). The molecule has 5 heteroatoms. The summed E-state index contributed by atoms with van der Waals surface area (Å²) in [6.45, 7) is 0. The van der Waals surface area contributed by atoms with E-state index in [2.05, 4.69) is 472 Å². The van der Waals surface area contributed by atoms with Crippen molar-refractivity contribution < 1.29 is 0 Å². The Morgan fingerprint density at radius 2 is 0.531 bits per heavy atom. The second-order valence-electron chi connectivity index (χ2n) is 28.8. The summed E-state index contributed by atoms with van der Waals surface area (Å²) in [7, 11) is 0. The first-order valence-corrected chi connectivity index (χ1v) is 39.4. The van der Waals surface area contributed by atoms with Gasteiger partial charge in [-0.05, 0) is 208 Å². The van der Waals surface area contributed by atoms with Crippen molar-refractivity contribution in [3.05, 3.63) is 441 Å². The third-order valence-electron chi connectivity index (χ3n) is 22.2. The number of para-hydroxylation sites is 4. The van der Waals surface area contributed by atoms with Crippen molar-refractivity contribution in [3.8, 4) is 55.9 Å². The lowest BCUT2D eigenvalue weighted by atomic mass is 9.86. The number of fused-ring (bicyclic) bond motifs is 12. The van der Waals surface area contributed by atoms with Gasteiger partial charge in [0.05, 0.1) is 27.8 Å². The van der Waals surface area contributed by atoms with Gasteiger partial charge in [0, 0.05) is 70.9 Å². The zero-order valence-electron chi connectivity index (χ0n) is 61.8. The zero-order valence-corrected chi connectivity index (χ0v) is 63.4. The summed E-state index contributed by atoms with van der Waals surface area (Å²) in [5, 5.41) is 23.7. The Labute approximate surface area is 664 Å². The molecule has 0 bridgehead atoms. The van der Waals surface area contributed by atoms with E-state index in [0.29, 0.717) is 0 Å². The summed E-state index contributed by atoms with van der Waals surface area (Å²) in [6, 6.07) is 157. The third kappa shape index (κ3) is 12.5. The minimum Gasteiger partial charge on any atom is -0.355 e. The van der Waals surface area contributed by atoms with Crippen LogP contribution in [0.3, 0.4) is 0 Å². The van der Waals surface area contributed by atoms with Crippen molar-refractivity contribution in [2.24, 2.45) is 0 Å². The number of anilines is 5. The predicted molar refractivity (Wildman–Crippen MR) is 487 cm³/mol. The molecule has 0 radical (unpaired) electrons. The summed E-state index contributed by atoms with van der Waals surface area (Å²) in [4.78, 5) is 2.43. The maximum atomic E-state index is 3.64. The summed E-state index contributed by atoms with van der Waals surface area (Å²) in [5.74, 6) is 0. The number of nitrogens with zero attached hydrogens (tertiary/aromatic N) is 3. The summed E-state index contributed by atoms with van der Waals surface area (Å²) < 4.78 is 5.82. The Morgan fingerprint density at radius 1 is 0.212 bits per heavy atom.